The summed E-state index contributed by atoms with van der Waals surface area (Å²) in [5.41, 5.74) is 1.93. The van der Waals surface area contributed by atoms with Gasteiger partial charge < -0.3 is 14.2 Å². The first-order valence-electron chi connectivity index (χ1n) is 14.6. The van der Waals surface area contributed by atoms with E-state index in [-0.39, 0.29) is 51.9 Å². The van der Waals surface area contributed by atoms with Gasteiger partial charge in [-0.3, -0.25) is 14.3 Å². The van der Waals surface area contributed by atoms with Crippen molar-refractivity contribution in [2.24, 2.45) is 0 Å². The largest absolute Gasteiger partial charge is 0.464 e. The number of benzene rings is 1. The van der Waals surface area contributed by atoms with Gasteiger partial charge in [-0.1, -0.05) is 32.0 Å². The highest BCUT2D eigenvalue weighted by atomic mass is 35.5. The van der Waals surface area contributed by atoms with Crippen LogP contribution in [0.1, 0.15) is 43.5 Å². The van der Waals surface area contributed by atoms with Crippen LogP contribution >= 0.6 is 11.6 Å². The van der Waals surface area contributed by atoms with Gasteiger partial charge in [-0.05, 0) is 61.2 Å². The van der Waals surface area contributed by atoms with Crippen molar-refractivity contribution < 1.29 is 18.0 Å². The smallest absolute Gasteiger partial charge is 0.351 e. The second-order valence-electron chi connectivity index (χ2n) is 11.6. The van der Waals surface area contributed by atoms with Crippen molar-refractivity contribution in [1.82, 2.24) is 24.4 Å². The standard InChI is InChI=1S/C33H31ClF2N6O3/c1-6-25(43)40-10-11-41(19(5)15-40)32-21-14-23(34)29(26-27(36)24(35)13-20-8-12-45-30(20)26)38-31(21)42(33(44)39-32)16-22-18(4)7-9-37-28(22)17(2)3/h6-9,12-14,17,19H,1,10-11,15-16H2,2-5H3/t19-/m0/s1. The summed E-state index contributed by atoms with van der Waals surface area (Å²) in [4.78, 5) is 43.7. The van der Waals surface area contributed by atoms with Crippen LogP contribution in [0.4, 0.5) is 14.6 Å². The number of hydrogen-bond acceptors (Lipinski definition) is 7. The zero-order chi connectivity index (χ0) is 32.2. The van der Waals surface area contributed by atoms with Crippen molar-refractivity contribution in [3.8, 4) is 11.3 Å². The minimum Gasteiger partial charge on any atom is -0.464 e. The summed E-state index contributed by atoms with van der Waals surface area (Å²) in [6.45, 7) is 12.7. The van der Waals surface area contributed by atoms with Gasteiger partial charge in [0.05, 0.1) is 34.5 Å². The van der Waals surface area contributed by atoms with Crippen molar-refractivity contribution in [2.45, 2.75) is 46.2 Å². The van der Waals surface area contributed by atoms with E-state index < -0.39 is 17.3 Å². The van der Waals surface area contributed by atoms with Crippen molar-refractivity contribution in [1.29, 1.82) is 0 Å². The van der Waals surface area contributed by atoms with Crippen LogP contribution in [0.2, 0.25) is 5.02 Å². The number of anilines is 1. The fourth-order valence-electron chi connectivity index (χ4n) is 6.03. The minimum atomic E-state index is -1.17. The van der Waals surface area contributed by atoms with Gasteiger partial charge >= 0.3 is 5.69 Å². The minimum absolute atomic E-state index is 0.0199. The normalized spacial score (nSPS) is 15.4. The lowest BCUT2D eigenvalue weighted by Crippen LogP contribution is -2.54. The second kappa shape index (κ2) is 11.7. The number of piperazine rings is 1. The number of nitrogens with zero attached hydrogens (tertiary/aromatic N) is 6. The molecule has 1 fully saturated rings. The second-order valence-corrected chi connectivity index (χ2v) is 12.0. The molecule has 45 heavy (non-hydrogen) atoms. The number of rotatable bonds is 6. The van der Waals surface area contributed by atoms with E-state index in [2.05, 4.69) is 16.5 Å². The van der Waals surface area contributed by atoms with Crippen LogP contribution in [0.5, 0.6) is 0 Å². The molecule has 1 saturated heterocycles. The van der Waals surface area contributed by atoms with E-state index in [4.69, 9.17) is 21.0 Å². The monoisotopic (exact) mass is 632 g/mol. The first kappa shape index (κ1) is 30.4. The first-order valence-corrected chi connectivity index (χ1v) is 15.0. The third-order valence-corrected chi connectivity index (χ3v) is 8.62. The number of aryl methyl sites for hydroxylation is 1. The van der Waals surface area contributed by atoms with Crippen LogP contribution in [-0.2, 0) is 11.3 Å². The van der Waals surface area contributed by atoms with Crippen LogP contribution in [0.15, 0.2) is 58.6 Å². The Morgan fingerprint density at radius 3 is 2.71 bits per heavy atom. The maximum atomic E-state index is 15.5. The predicted octanol–water partition coefficient (Wildman–Crippen LogP) is 6.23. The molecule has 0 saturated carbocycles. The Kier molecular flexibility index (Phi) is 7.90. The van der Waals surface area contributed by atoms with Crippen molar-refractivity contribution in [3.05, 3.63) is 93.3 Å². The van der Waals surface area contributed by atoms with E-state index in [1.54, 1.807) is 17.2 Å². The van der Waals surface area contributed by atoms with Gasteiger partial charge in [0.25, 0.3) is 0 Å². The molecule has 4 aromatic heterocycles. The van der Waals surface area contributed by atoms with Crippen LogP contribution in [0.3, 0.4) is 0 Å². The van der Waals surface area contributed by atoms with Crippen molar-refractivity contribution in [2.75, 3.05) is 24.5 Å². The zero-order valence-electron chi connectivity index (χ0n) is 25.3. The average molecular weight is 633 g/mol. The summed E-state index contributed by atoms with van der Waals surface area (Å²) in [5, 5.41) is 0.799. The Labute approximate surface area is 262 Å². The SMILES string of the molecule is C=CC(=O)N1CCN(c2nc(=O)n(Cc3c(C)ccnc3C(C)C)c3nc(-c4c(F)c(F)cc5ccoc45)c(Cl)cc23)[C@@H](C)C1. The van der Waals surface area contributed by atoms with Crippen molar-refractivity contribution in [3.63, 3.8) is 0 Å². The number of amides is 1. The highest BCUT2D eigenvalue weighted by molar-refractivity contribution is 6.34. The Morgan fingerprint density at radius 1 is 1.22 bits per heavy atom. The molecule has 0 bridgehead atoms. The van der Waals surface area contributed by atoms with Gasteiger partial charge in [0, 0.05) is 43.0 Å². The average Bonchev–Trinajstić information content (AvgIpc) is 3.47. The Balaban J connectivity index is 1.61. The molecule has 232 valence electrons. The predicted molar refractivity (Wildman–Crippen MR) is 170 cm³/mol. The number of carbonyl (C=O) groups is 1. The molecule has 0 unspecified atom stereocenters. The number of hydrogen-bond donors (Lipinski definition) is 0. The van der Waals surface area contributed by atoms with Gasteiger partial charge in [-0.15, -0.1) is 0 Å². The Bertz CT molecular complexity index is 2060. The lowest BCUT2D eigenvalue weighted by Gasteiger charge is -2.40. The number of furan rings is 1. The van der Waals surface area contributed by atoms with Crippen LogP contribution in [0, 0.1) is 18.6 Å². The zero-order valence-corrected chi connectivity index (χ0v) is 26.0. The third kappa shape index (κ3) is 5.24. The molecule has 12 heteroatoms. The molecular formula is C33H31ClF2N6O3. The molecule has 0 N–H and O–H groups in total. The fourth-order valence-corrected chi connectivity index (χ4v) is 6.27. The molecule has 5 aromatic rings. The Hall–Kier alpha value is -4.64. The molecule has 1 amide bonds. The van der Waals surface area contributed by atoms with Gasteiger partial charge in [-0.2, -0.15) is 4.98 Å². The number of aromatic nitrogens is 4. The van der Waals surface area contributed by atoms with Crippen LogP contribution in [0.25, 0.3) is 33.3 Å². The molecule has 6 rings (SSSR count). The summed E-state index contributed by atoms with van der Waals surface area (Å²) in [7, 11) is 0. The van der Waals surface area contributed by atoms with E-state index in [9.17, 15) is 14.0 Å². The number of fused-ring (bicyclic) bond motifs is 2. The topological polar surface area (TPSA) is 97.4 Å². The van der Waals surface area contributed by atoms with E-state index >= 15 is 4.39 Å². The van der Waals surface area contributed by atoms with Gasteiger partial charge in [0.2, 0.25) is 5.91 Å². The number of pyridine rings is 2. The third-order valence-electron chi connectivity index (χ3n) is 8.33. The first-order chi connectivity index (χ1) is 21.5. The molecule has 9 nitrogen and oxygen atoms in total. The van der Waals surface area contributed by atoms with E-state index in [0.717, 1.165) is 22.9 Å². The molecule has 0 aliphatic carbocycles. The summed E-state index contributed by atoms with van der Waals surface area (Å²) < 4.78 is 37.2. The number of halogens is 3. The van der Waals surface area contributed by atoms with Crippen molar-refractivity contribution >= 4 is 45.3 Å². The summed E-state index contributed by atoms with van der Waals surface area (Å²) in [5.74, 6) is -2.04. The maximum absolute atomic E-state index is 15.5. The highest BCUT2D eigenvalue weighted by Crippen LogP contribution is 2.39. The number of carbonyl (C=O) groups excluding carboxylic acids is 1. The van der Waals surface area contributed by atoms with Gasteiger partial charge in [0.1, 0.15) is 17.0 Å². The molecule has 1 aromatic carbocycles. The lowest BCUT2D eigenvalue weighted by molar-refractivity contribution is -0.126. The van der Waals surface area contributed by atoms with E-state index in [1.165, 1.54) is 23.0 Å². The van der Waals surface area contributed by atoms with Crippen LogP contribution in [-0.4, -0.2) is 56.0 Å². The molecular weight excluding hydrogens is 602 g/mol. The van der Waals surface area contributed by atoms with E-state index in [0.29, 0.717) is 36.2 Å². The summed E-state index contributed by atoms with van der Waals surface area (Å²) >= 11 is 6.80. The molecule has 0 radical (unpaired) electrons. The molecule has 1 aliphatic rings. The molecule has 1 atom stereocenters. The van der Waals surface area contributed by atoms with Crippen LogP contribution < -0.4 is 10.6 Å². The Morgan fingerprint density at radius 2 is 2.00 bits per heavy atom. The van der Waals surface area contributed by atoms with Gasteiger partial charge in [0.15, 0.2) is 11.6 Å². The molecule has 0 spiro atoms. The maximum Gasteiger partial charge on any atom is 0.351 e. The molecule has 5 heterocycles. The quantitative estimate of drug-likeness (QED) is 0.205. The molecule has 1 aliphatic heterocycles. The highest BCUT2D eigenvalue weighted by Gasteiger charge is 2.30. The summed E-state index contributed by atoms with van der Waals surface area (Å²) in [6, 6.07) is 5.78. The fraction of sp³-hybridized carbons (Fsp3) is 0.303. The lowest BCUT2D eigenvalue weighted by atomic mass is 9.99. The summed E-state index contributed by atoms with van der Waals surface area (Å²) in [6.07, 6.45) is 4.33. The van der Waals surface area contributed by atoms with E-state index in [1.807, 2.05) is 38.7 Å². The van der Waals surface area contributed by atoms with Gasteiger partial charge in [-0.25, -0.2) is 18.6 Å².